The predicted octanol–water partition coefficient (Wildman–Crippen LogP) is 2.37. The van der Waals surface area contributed by atoms with Crippen LogP contribution in [0.2, 0.25) is 0 Å². The highest BCUT2D eigenvalue weighted by molar-refractivity contribution is 8.04. The van der Waals surface area contributed by atoms with Crippen molar-refractivity contribution in [2.75, 3.05) is 12.3 Å². The molecule has 0 N–H and O–H groups in total. The lowest BCUT2D eigenvalue weighted by Crippen LogP contribution is -2.24. The van der Waals surface area contributed by atoms with Gasteiger partial charge in [-0.3, -0.25) is 9.59 Å². The Hall–Kier alpha value is -1.07. The van der Waals surface area contributed by atoms with E-state index >= 15 is 0 Å². The molecule has 0 radical (unpaired) electrons. The Morgan fingerprint density at radius 1 is 1.62 bits per heavy atom. The predicted molar refractivity (Wildman–Crippen MR) is 66.6 cm³/mol. The summed E-state index contributed by atoms with van der Waals surface area (Å²) in [5, 5.41) is 2.64. The van der Waals surface area contributed by atoms with E-state index in [9.17, 15) is 9.59 Å². The standard InChI is InChI=1S/C11H11NO2S2/c1-2-12-10(14)7-16-11(12)6-8(13)9-4-3-5-15-9/h3-6H,2,7H2,1H3/b11-6+. The SMILES string of the molecule is CCN1C(=O)CS/C1=C/C(=O)c1cccs1. The summed E-state index contributed by atoms with van der Waals surface area (Å²) >= 11 is 2.85. The minimum Gasteiger partial charge on any atom is -0.306 e. The van der Waals surface area contributed by atoms with Crippen molar-refractivity contribution in [3.63, 3.8) is 0 Å². The zero-order chi connectivity index (χ0) is 11.5. The van der Waals surface area contributed by atoms with Crippen LogP contribution >= 0.6 is 23.1 Å². The van der Waals surface area contributed by atoms with Gasteiger partial charge in [0, 0.05) is 12.6 Å². The second-order valence-corrected chi connectivity index (χ2v) is 5.19. The summed E-state index contributed by atoms with van der Waals surface area (Å²) in [5.74, 6) is 0.501. The maximum Gasteiger partial charge on any atom is 0.237 e. The van der Waals surface area contributed by atoms with E-state index in [2.05, 4.69) is 0 Å². The molecule has 84 valence electrons. The molecule has 0 atom stereocenters. The van der Waals surface area contributed by atoms with Crippen molar-refractivity contribution in [3.8, 4) is 0 Å². The molecule has 2 heterocycles. The van der Waals surface area contributed by atoms with Crippen molar-refractivity contribution in [3.05, 3.63) is 33.5 Å². The Bertz CT molecular complexity index is 437. The second kappa shape index (κ2) is 4.84. The fraction of sp³-hybridized carbons (Fsp3) is 0.273. The van der Waals surface area contributed by atoms with Gasteiger partial charge in [0.2, 0.25) is 5.91 Å². The van der Waals surface area contributed by atoms with Crippen molar-refractivity contribution in [1.29, 1.82) is 0 Å². The van der Waals surface area contributed by atoms with Crippen molar-refractivity contribution < 1.29 is 9.59 Å². The quantitative estimate of drug-likeness (QED) is 0.613. The molecule has 0 spiro atoms. The van der Waals surface area contributed by atoms with Crippen molar-refractivity contribution >= 4 is 34.8 Å². The average molecular weight is 253 g/mol. The number of carbonyl (C=O) groups excluding carboxylic acids is 2. The number of hydrogen-bond acceptors (Lipinski definition) is 4. The molecule has 1 aromatic rings. The van der Waals surface area contributed by atoms with Gasteiger partial charge in [0.1, 0.15) is 0 Å². The summed E-state index contributed by atoms with van der Waals surface area (Å²) in [6, 6.07) is 3.64. The van der Waals surface area contributed by atoms with Gasteiger partial charge in [-0.1, -0.05) is 17.8 Å². The van der Waals surface area contributed by atoms with Crippen LogP contribution in [0.5, 0.6) is 0 Å². The third-order valence-electron chi connectivity index (χ3n) is 2.25. The van der Waals surface area contributed by atoms with Gasteiger partial charge in [-0.15, -0.1) is 11.3 Å². The minimum absolute atomic E-state index is 0.0225. The lowest BCUT2D eigenvalue weighted by atomic mass is 10.3. The average Bonchev–Trinajstić information content (AvgIpc) is 2.88. The monoisotopic (exact) mass is 253 g/mol. The summed E-state index contributed by atoms with van der Waals surface area (Å²) in [4.78, 5) is 25.6. The topological polar surface area (TPSA) is 37.4 Å². The second-order valence-electron chi connectivity index (χ2n) is 3.25. The molecule has 5 heteroatoms. The van der Waals surface area contributed by atoms with Crippen molar-refractivity contribution in [2.24, 2.45) is 0 Å². The maximum atomic E-state index is 11.8. The molecule has 1 aliphatic heterocycles. The van der Waals surface area contributed by atoms with Crippen molar-refractivity contribution in [1.82, 2.24) is 4.90 Å². The Balaban J connectivity index is 2.18. The van der Waals surface area contributed by atoms with Crippen LogP contribution in [0.1, 0.15) is 16.6 Å². The summed E-state index contributed by atoms with van der Waals surface area (Å²) in [7, 11) is 0. The fourth-order valence-corrected chi connectivity index (χ4v) is 3.11. The van der Waals surface area contributed by atoms with Crippen LogP contribution in [-0.2, 0) is 4.79 Å². The van der Waals surface area contributed by atoms with E-state index in [1.165, 1.54) is 23.1 Å². The van der Waals surface area contributed by atoms with Crippen LogP contribution in [0.25, 0.3) is 0 Å². The number of amides is 1. The van der Waals surface area contributed by atoms with Gasteiger partial charge in [-0.05, 0) is 18.4 Å². The number of carbonyl (C=O) groups is 2. The van der Waals surface area contributed by atoms with Gasteiger partial charge in [-0.2, -0.15) is 0 Å². The van der Waals surface area contributed by atoms with Crippen LogP contribution in [0.4, 0.5) is 0 Å². The smallest absolute Gasteiger partial charge is 0.237 e. The largest absolute Gasteiger partial charge is 0.306 e. The summed E-state index contributed by atoms with van der Waals surface area (Å²) in [5.41, 5.74) is 0. The molecule has 1 saturated heterocycles. The van der Waals surface area contributed by atoms with Gasteiger partial charge in [-0.25, -0.2) is 0 Å². The Morgan fingerprint density at radius 3 is 3.06 bits per heavy atom. The highest BCUT2D eigenvalue weighted by Crippen LogP contribution is 2.29. The van der Waals surface area contributed by atoms with E-state index in [1.807, 2.05) is 18.4 Å². The number of allylic oxidation sites excluding steroid dienone is 1. The van der Waals surface area contributed by atoms with Gasteiger partial charge in [0.15, 0.2) is 5.78 Å². The first-order valence-corrected chi connectivity index (χ1v) is 6.81. The van der Waals surface area contributed by atoms with Crippen LogP contribution in [-0.4, -0.2) is 28.9 Å². The van der Waals surface area contributed by atoms with E-state index in [0.29, 0.717) is 17.2 Å². The number of nitrogens with zero attached hydrogens (tertiary/aromatic N) is 1. The Labute approximate surface area is 102 Å². The first kappa shape index (κ1) is 11.4. The number of thioether (sulfide) groups is 1. The van der Waals surface area contributed by atoms with E-state index in [4.69, 9.17) is 0 Å². The molecular weight excluding hydrogens is 242 g/mol. The Morgan fingerprint density at radius 2 is 2.44 bits per heavy atom. The summed E-state index contributed by atoms with van der Waals surface area (Å²) in [6.07, 6.45) is 1.56. The summed E-state index contributed by atoms with van der Waals surface area (Å²) < 4.78 is 0. The molecule has 0 aromatic carbocycles. The van der Waals surface area contributed by atoms with Crippen LogP contribution in [0.15, 0.2) is 28.6 Å². The Kier molecular flexibility index (Phi) is 3.46. The molecule has 1 aliphatic rings. The van der Waals surface area contributed by atoms with Crippen LogP contribution in [0.3, 0.4) is 0 Å². The van der Waals surface area contributed by atoms with E-state index in [1.54, 1.807) is 17.0 Å². The number of hydrogen-bond donors (Lipinski definition) is 0. The molecule has 0 aliphatic carbocycles. The first-order valence-electron chi connectivity index (χ1n) is 4.95. The molecule has 3 nitrogen and oxygen atoms in total. The number of rotatable bonds is 3. The molecule has 1 fully saturated rings. The lowest BCUT2D eigenvalue weighted by Gasteiger charge is -2.13. The highest BCUT2D eigenvalue weighted by atomic mass is 32.2. The van der Waals surface area contributed by atoms with E-state index in [-0.39, 0.29) is 11.7 Å². The molecule has 0 saturated carbocycles. The third kappa shape index (κ3) is 2.20. The van der Waals surface area contributed by atoms with Gasteiger partial charge in [0.25, 0.3) is 0 Å². The number of ketones is 1. The normalized spacial score (nSPS) is 18.4. The third-order valence-corrected chi connectivity index (χ3v) is 4.16. The lowest BCUT2D eigenvalue weighted by molar-refractivity contribution is -0.125. The minimum atomic E-state index is -0.0225. The van der Waals surface area contributed by atoms with Crippen LogP contribution < -0.4 is 0 Å². The first-order chi connectivity index (χ1) is 7.72. The van der Waals surface area contributed by atoms with E-state index in [0.717, 1.165) is 5.03 Å². The van der Waals surface area contributed by atoms with E-state index < -0.39 is 0 Å². The molecular formula is C11H11NO2S2. The highest BCUT2D eigenvalue weighted by Gasteiger charge is 2.25. The fourth-order valence-electron chi connectivity index (χ4n) is 1.47. The molecule has 0 unspecified atom stereocenters. The summed E-state index contributed by atoms with van der Waals surface area (Å²) in [6.45, 7) is 2.53. The van der Waals surface area contributed by atoms with Gasteiger partial charge < -0.3 is 4.90 Å². The van der Waals surface area contributed by atoms with Gasteiger partial charge >= 0.3 is 0 Å². The number of thiophene rings is 1. The maximum absolute atomic E-state index is 11.8. The molecule has 1 aromatic heterocycles. The zero-order valence-electron chi connectivity index (χ0n) is 8.80. The molecule has 16 heavy (non-hydrogen) atoms. The van der Waals surface area contributed by atoms with Gasteiger partial charge in [0.05, 0.1) is 15.7 Å². The van der Waals surface area contributed by atoms with Crippen molar-refractivity contribution in [2.45, 2.75) is 6.92 Å². The van der Waals surface area contributed by atoms with Crippen LogP contribution in [0, 0.1) is 0 Å². The molecule has 1 amide bonds. The molecule has 2 rings (SSSR count). The zero-order valence-corrected chi connectivity index (χ0v) is 10.4. The molecule has 0 bridgehead atoms.